The molecule has 0 aliphatic heterocycles. The van der Waals surface area contributed by atoms with Crippen molar-refractivity contribution in [2.75, 3.05) is 12.4 Å². The molecule has 0 unspecified atom stereocenters. The van der Waals surface area contributed by atoms with Crippen LogP contribution in [0.5, 0.6) is 5.88 Å². The van der Waals surface area contributed by atoms with Gasteiger partial charge in [0, 0.05) is 17.8 Å². The Bertz CT molecular complexity index is 1020. The molecule has 0 atom stereocenters. The predicted molar refractivity (Wildman–Crippen MR) is 88.9 cm³/mol. The zero-order valence-corrected chi connectivity index (χ0v) is 13.3. The number of esters is 1. The maximum atomic E-state index is 13.0. The Balaban J connectivity index is 2.16. The minimum Gasteiger partial charge on any atom is -0.493 e. The Hall–Kier alpha value is -3.82. The van der Waals surface area contributed by atoms with Crippen LogP contribution in [0.15, 0.2) is 36.4 Å². The minimum absolute atomic E-state index is 0.0282. The number of methoxy groups -OCH3 is 1. The van der Waals surface area contributed by atoms with Gasteiger partial charge in [-0.1, -0.05) is 0 Å². The molecule has 3 aromatic rings. The summed E-state index contributed by atoms with van der Waals surface area (Å²) in [5, 5.41) is 23.8. The lowest BCUT2D eigenvalue weighted by molar-refractivity contribution is -0.384. The van der Waals surface area contributed by atoms with Gasteiger partial charge in [0.1, 0.15) is 5.82 Å². The van der Waals surface area contributed by atoms with E-state index in [1.165, 1.54) is 24.3 Å². The van der Waals surface area contributed by atoms with Crippen LogP contribution in [0.3, 0.4) is 0 Å². The molecule has 0 fully saturated rings. The number of benzene rings is 2. The van der Waals surface area contributed by atoms with Crippen molar-refractivity contribution < 1.29 is 24.0 Å². The predicted octanol–water partition coefficient (Wildman–Crippen LogP) is 2.91. The number of nitro benzene ring substituents is 1. The SMILES string of the molecule is COC(=O)c1cc([N+](=O)[O-])cc2c(O)nc(Nc3ccc(F)cc3)nc12. The first-order chi connectivity index (χ1) is 12.4. The van der Waals surface area contributed by atoms with Crippen molar-refractivity contribution in [3.05, 3.63) is 57.9 Å². The topological polar surface area (TPSA) is 127 Å². The summed E-state index contributed by atoms with van der Waals surface area (Å²) in [5.74, 6) is -1.93. The monoisotopic (exact) mass is 358 g/mol. The molecule has 0 aliphatic carbocycles. The van der Waals surface area contributed by atoms with Gasteiger partial charge in [0.25, 0.3) is 5.69 Å². The molecule has 10 heteroatoms. The highest BCUT2D eigenvalue weighted by Crippen LogP contribution is 2.31. The number of ether oxygens (including phenoxy) is 1. The summed E-state index contributed by atoms with van der Waals surface area (Å²) in [7, 11) is 1.12. The fourth-order valence-electron chi connectivity index (χ4n) is 2.29. The van der Waals surface area contributed by atoms with Crippen LogP contribution in [0, 0.1) is 15.9 Å². The molecule has 0 radical (unpaired) electrons. The van der Waals surface area contributed by atoms with Crippen molar-refractivity contribution >= 4 is 34.2 Å². The highest BCUT2D eigenvalue weighted by Gasteiger charge is 2.21. The number of fused-ring (bicyclic) bond motifs is 1. The normalized spacial score (nSPS) is 10.5. The van der Waals surface area contributed by atoms with Crippen LogP contribution in [0.1, 0.15) is 10.4 Å². The molecular weight excluding hydrogens is 347 g/mol. The lowest BCUT2D eigenvalue weighted by atomic mass is 10.1. The first-order valence-corrected chi connectivity index (χ1v) is 7.19. The van der Waals surface area contributed by atoms with Crippen LogP contribution in [-0.2, 0) is 4.74 Å². The van der Waals surface area contributed by atoms with E-state index in [9.17, 15) is 24.4 Å². The van der Waals surface area contributed by atoms with Gasteiger partial charge >= 0.3 is 5.97 Å². The van der Waals surface area contributed by atoms with E-state index in [-0.39, 0.29) is 22.4 Å². The zero-order valence-electron chi connectivity index (χ0n) is 13.3. The summed E-state index contributed by atoms with van der Waals surface area (Å²) >= 11 is 0. The Kier molecular flexibility index (Phi) is 4.31. The molecule has 0 saturated heterocycles. The molecule has 3 rings (SSSR count). The van der Waals surface area contributed by atoms with Gasteiger partial charge in [-0.25, -0.2) is 14.2 Å². The van der Waals surface area contributed by atoms with E-state index in [2.05, 4.69) is 20.0 Å². The summed E-state index contributed by atoms with van der Waals surface area (Å²) in [6, 6.07) is 7.34. The van der Waals surface area contributed by atoms with E-state index in [1.807, 2.05) is 0 Å². The molecular formula is C16H11FN4O5. The summed E-state index contributed by atoms with van der Waals surface area (Å²) in [6.45, 7) is 0. The molecule has 0 aliphatic rings. The number of aromatic nitrogens is 2. The number of non-ortho nitro benzene ring substituents is 1. The summed E-state index contributed by atoms with van der Waals surface area (Å²) < 4.78 is 17.6. The van der Waals surface area contributed by atoms with Gasteiger partial charge in [0.15, 0.2) is 0 Å². The van der Waals surface area contributed by atoms with Crippen LogP contribution in [0.25, 0.3) is 10.9 Å². The Morgan fingerprint density at radius 1 is 1.27 bits per heavy atom. The number of nitrogens with zero attached hydrogens (tertiary/aromatic N) is 3. The average Bonchev–Trinajstić information content (AvgIpc) is 2.62. The second-order valence-electron chi connectivity index (χ2n) is 5.14. The fourth-order valence-corrected chi connectivity index (χ4v) is 2.29. The molecule has 9 nitrogen and oxygen atoms in total. The van der Waals surface area contributed by atoms with E-state index in [4.69, 9.17) is 0 Å². The maximum Gasteiger partial charge on any atom is 0.340 e. The molecule has 26 heavy (non-hydrogen) atoms. The molecule has 1 aromatic heterocycles. The van der Waals surface area contributed by atoms with Crippen LogP contribution in [0.4, 0.5) is 21.7 Å². The van der Waals surface area contributed by atoms with Crippen molar-refractivity contribution in [1.82, 2.24) is 9.97 Å². The average molecular weight is 358 g/mol. The van der Waals surface area contributed by atoms with Crippen molar-refractivity contribution in [3.63, 3.8) is 0 Å². The van der Waals surface area contributed by atoms with E-state index in [0.29, 0.717) is 5.69 Å². The highest BCUT2D eigenvalue weighted by molar-refractivity contribution is 6.05. The lowest BCUT2D eigenvalue weighted by Gasteiger charge is -2.09. The van der Waals surface area contributed by atoms with Crippen LogP contribution < -0.4 is 5.32 Å². The smallest absolute Gasteiger partial charge is 0.340 e. The number of hydrogen-bond acceptors (Lipinski definition) is 8. The van der Waals surface area contributed by atoms with Gasteiger partial charge in [-0.05, 0) is 24.3 Å². The standard InChI is InChI=1S/C16H11FN4O5/c1-26-15(23)12-7-10(21(24)25)6-11-13(12)19-16(20-14(11)22)18-9-4-2-8(17)3-5-9/h2-7H,1H3,(H2,18,19,20,22). The van der Waals surface area contributed by atoms with Crippen LogP contribution in [-0.4, -0.2) is 33.1 Å². The first-order valence-electron chi connectivity index (χ1n) is 7.19. The van der Waals surface area contributed by atoms with Crippen molar-refractivity contribution in [2.45, 2.75) is 0 Å². The Morgan fingerprint density at radius 2 is 1.96 bits per heavy atom. The van der Waals surface area contributed by atoms with Gasteiger partial charge in [0.05, 0.1) is 28.5 Å². The third-order valence-corrected chi connectivity index (χ3v) is 3.48. The molecule has 1 heterocycles. The molecule has 2 aromatic carbocycles. The second-order valence-corrected chi connectivity index (χ2v) is 5.14. The number of nitro groups is 1. The van der Waals surface area contributed by atoms with E-state index in [1.54, 1.807) is 0 Å². The van der Waals surface area contributed by atoms with Crippen molar-refractivity contribution in [2.24, 2.45) is 0 Å². The van der Waals surface area contributed by atoms with Gasteiger partial charge in [0.2, 0.25) is 11.8 Å². The first kappa shape index (κ1) is 17.0. The van der Waals surface area contributed by atoms with Gasteiger partial charge in [-0.3, -0.25) is 10.1 Å². The molecule has 0 amide bonds. The molecule has 0 saturated carbocycles. The summed E-state index contributed by atoms with van der Waals surface area (Å²) in [4.78, 5) is 30.2. The van der Waals surface area contributed by atoms with Crippen molar-refractivity contribution in [3.8, 4) is 5.88 Å². The Morgan fingerprint density at radius 3 is 2.58 bits per heavy atom. The van der Waals surface area contributed by atoms with Gasteiger partial charge < -0.3 is 15.2 Å². The number of carbonyl (C=O) groups excluding carboxylic acids is 1. The Labute approximate surface area is 145 Å². The number of carbonyl (C=O) groups is 1. The number of anilines is 2. The summed E-state index contributed by atoms with van der Waals surface area (Å²) in [5.41, 5.74) is -0.209. The lowest BCUT2D eigenvalue weighted by Crippen LogP contribution is -2.06. The second kappa shape index (κ2) is 6.59. The molecule has 132 valence electrons. The fraction of sp³-hybridized carbons (Fsp3) is 0.0625. The number of rotatable bonds is 4. The van der Waals surface area contributed by atoms with Gasteiger partial charge in [-0.2, -0.15) is 4.98 Å². The number of halogens is 1. The molecule has 0 bridgehead atoms. The minimum atomic E-state index is -0.857. The molecule has 2 N–H and O–H groups in total. The van der Waals surface area contributed by atoms with Crippen molar-refractivity contribution in [1.29, 1.82) is 0 Å². The van der Waals surface area contributed by atoms with Crippen LogP contribution in [0.2, 0.25) is 0 Å². The van der Waals surface area contributed by atoms with Gasteiger partial charge in [-0.15, -0.1) is 0 Å². The van der Waals surface area contributed by atoms with E-state index in [0.717, 1.165) is 19.2 Å². The largest absolute Gasteiger partial charge is 0.493 e. The third-order valence-electron chi connectivity index (χ3n) is 3.48. The number of hydrogen-bond donors (Lipinski definition) is 2. The maximum absolute atomic E-state index is 13.0. The molecule has 0 spiro atoms. The van der Waals surface area contributed by atoms with Crippen LogP contribution >= 0.6 is 0 Å². The summed E-state index contributed by atoms with van der Waals surface area (Å²) in [6.07, 6.45) is 0. The van der Waals surface area contributed by atoms with E-state index < -0.39 is 28.3 Å². The third kappa shape index (κ3) is 3.20. The quantitative estimate of drug-likeness (QED) is 0.414. The number of nitrogens with one attached hydrogen (secondary N) is 1. The number of aromatic hydroxyl groups is 1. The highest BCUT2D eigenvalue weighted by atomic mass is 19.1. The van der Waals surface area contributed by atoms with E-state index >= 15 is 0 Å². The zero-order chi connectivity index (χ0) is 18.8.